The van der Waals surface area contributed by atoms with Crippen LogP contribution in [0.25, 0.3) is 11.4 Å². The predicted octanol–water partition coefficient (Wildman–Crippen LogP) is 2.67. The van der Waals surface area contributed by atoms with Gasteiger partial charge in [-0.15, -0.1) is 0 Å². The van der Waals surface area contributed by atoms with Crippen LogP contribution in [0.5, 0.6) is 0 Å². The van der Waals surface area contributed by atoms with E-state index < -0.39 is 6.29 Å². The monoisotopic (exact) mass is 377 g/mol. The van der Waals surface area contributed by atoms with Gasteiger partial charge in [0.15, 0.2) is 6.29 Å². The van der Waals surface area contributed by atoms with Crippen LogP contribution in [-0.4, -0.2) is 33.6 Å². The number of benzene rings is 2. The zero-order valence-electron chi connectivity index (χ0n) is 15.5. The molecule has 6 nitrogen and oxygen atoms in total. The molecule has 28 heavy (non-hydrogen) atoms. The van der Waals surface area contributed by atoms with E-state index in [1.807, 2.05) is 48.5 Å². The van der Waals surface area contributed by atoms with Crippen LogP contribution in [0.1, 0.15) is 12.0 Å². The Kier molecular flexibility index (Phi) is 5.50. The Labute approximate surface area is 163 Å². The lowest BCUT2D eigenvalue weighted by molar-refractivity contribution is 0.156. The van der Waals surface area contributed by atoms with Gasteiger partial charge in [0.1, 0.15) is 17.6 Å². The summed E-state index contributed by atoms with van der Waals surface area (Å²) in [7, 11) is 0. The van der Waals surface area contributed by atoms with E-state index in [-0.39, 0.29) is 18.2 Å². The van der Waals surface area contributed by atoms with E-state index in [2.05, 4.69) is 22.4 Å². The predicted molar refractivity (Wildman–Crippen MR) is 108 cm³/mol. The average molecular weight is 377 g/mol. The molecule has 0 saturated carbocycles. The summed E-state index contributed by atoms with van der Waals surface area (Å²) in [5, 5.41) is 12.7. The van der Waals surface area contributed by atoms with Gasteiger partial charge in [-0.25, -0.2) is 4.98 Å². The Balaban J connectivity index is 1.50. The van der Waals surface area contributed by atoms with Crippen molar-refractivity contribution in [3.05, 3.63) is 82.8 Å². The number of hydrogen-bond donors (Lipinski definition) is 2. The van der Waals surface area contributed by atoms with Crippen molar-refractivity contribution in [2.75, 3.05) is 11.9 Å². The van der Waals surface area contributed by atoms with Crippen LogP contribution in [0, 0.1) is 0 Å². The zero-order chi connectivity index (χ0) is 19.3. The first kappa shape index (κ1) is 18.4. The largest absolute Gasteiger partial charge is 0.379 e. The smallest absolute Gasteiger partial charge is 0.277 e. The van der Waals surface area contributed by atoms with Crippen molar-refractivity contribution >= 4 is 5.69 Å². The van der Waals surface area contributed by atoms with Crippen molar-refractivity contribution in [2.45, 2.75) is 31.8 Å². The van der Waals surface area contributed by atoms with Crippen LogP contribution in [-0.2, 0) is 17.7 Å². The summed E-state index contributed by atoms with van der Waals surface area (Å²) >= 11 is 0. The van der Waals surface area contributed by atoms with Gasteiger partial charge in [-0.3, -0.25) is 9.36 Å². The number of anilines is 1. The minimum atomic E-state index is -0.807. The quantitative estimate of drug-likeness (QED) is 0.466. The third-order valence-corrected chi connectivity index (χ3v) is 4.80. The van der Waals surface area contributed by atoms with E-state index in [1.165, 1.54) is 5.56 Å². The second-order valence-electron chi connectivity index (χ2n) is 6.86. The third-order valence-electron chi connectivity index (χ3n) is 4.80. The molecule has 1 aliphatic heterocycles. The summed E-state index contributed by atoms with van der Waals surface area (Å²) in [6, 6.07) is 19.8. The maximum absolute atomic E-state index is 13.0. The molecule has 2 unspecified atom stereocenters. The normalized spacial score (nSPS) is 18.0. The molecule has 2 heterocycles. The standard InChI is InChI=1S/C22H23N3O3/c26-21-18(23-13-7-10-16-8-3-1-4-9-16)14-24-20(17-11-5-2-6-12-17)25(21)15-19-22(27)28-19/h1-6,8-9,11-12,14,19,22-23,27H,7,10,13,15H2. The van der Waals surface area contributed by atoms with Crippen molar-refractivity contribution < 1.29 is 9.84 Å². The first-order valence-electron chi connectivity index (χ1n) is 9.49. The molecule has 6 heteroatoms. The van der Waals surface area contributed by atoms with Crippen molar-refractivity contribution in [1.82, 2.24) is 9.55 Å². The van der Waals surface area contributed by atoms with E-state index in [1.54, 1.807) is 10.8 Å². The molecule has 1 fully saturated rings. The molecule has 3 aromatic rings. The summed E-state index contributed by atoms with van der Waals surface area (Å²) in [4.78, 5) is 17.5. The fourth-order valence-corrected chi connectivity index (χ4v) is 3.21. The second kappa shape index (κ2) is 8.37. The Morgan fingerprint density at radius 1 is 1.07 bits per heavy atom. The molecule has 1 aromatic heterocycles. The molecule has 1 aliphatic rings. The van der Waals surface area contributed by atoms with Gasteiger partial charge in [0.05, 0.1) is 12.7 Å². The van der Waals surface area contributed by atoms with Crippen LogP contribution in [0.2, 0.25) is 0 Å². The number of nitrogens with one attached hydrogen (secondary N) is 1. The number of ether oxygens (including phenoxy) is 1. The van der Waals surface area contributed by atoms with Crippen molar-refractivity contribution in [3.63, 3.8) is 0 Å². The first-order valence-corrected chi connectivity index (χ1v) is 9.49. The molecule has 0 spiro atoms. The molecule has 0 aliphatic carbocycles. The average Bonchev–Trinajstić information content (AvgIpc) is 3.44. The van der Waals surface area contributed by atoms with Gasteiger partial charge >= 0.3 is 0 Å². The fraction of sp³-hybridized carbons (Fsp3) is 0.273. The second-order valence-corrected chi connectivity index (χ2v) is 6.86. The summed E-state index contributed by atoms with van der Waals surface area (Å²) in [5.41, 5.74) is 2.43. The Bertz CT molecular complexity index is 973. The molecular weight excluding hydrogens is 354 g/mol. The molecule has 0 amide bonds. The highest BCUT2D eigenvalue weighted by Crippen LogP contribution is 2.23. The van der Waals surface area contributed by atoms with Gasteiger partial charge in [-0.05, 0) is 18.4 Å². The lowest BCUT2D eigenvalue weighted by Crippen LogP contribution is -2.28. The maximum atomic E-state index is 13.0. The van der Waals surface area contributed by atoms with Crippen LogP contribution < -0.4 is 10.9 Å². The van der Waals surface area contributed by atoms with Gasteiger partial charge in [0.2, 0.25) is 0 Å². The van der Waals surface area contributed by atoms with Crippen LogP contribution in [0.15, 0.2) is 71.7 Å². The fourth-order valence-electron chi connectivity index (χ4n) is 3.21. The molecule has 144 valence electrons. The number of aliphatic hydroxyl groups excluding tert-OH is 1. The summed E-state index contributed by atoms with van der Waals surface area (Å²) < 4.78 is 6.68. The Hall–Kier alpha value is -2.96. The summed E-state index contributed by atoms with van der Waals surface area (Å²) in [6.45, 7) is 0.954. The SMILES string of the molecule is O=c1c(NCCCc2ccccc2)cnc(-c2ccccc2)n1CC1OC1O. The highest BCUT2D eigenvalue weighted by molar-refractivity contribution is 5.57. The van der Waals surface area contributed by atoms with Crippen molar-refractivity contribution in [1.29, 1.82) is 0 Å². The molecule has 0 bridgehead atoms. The lowest BCUT2D eigenvalue weighted by Gasteiger charge is -2.14. The topological polar surface area (TPSA) is 79.7 Å². The minimum absolute atomic E-state index is 0.156. The lowest BCUT2D eigenvalue weighted by atomic mass is 10.1. The maximum Gasteiger partial charge on any atom is 0.277 e. The zero-order valence-corrected chi connectivity index (χ0v) is 15.5. The van der Waals surface area contributed by atoms with E-state index in [4.69, 9.17) is 4.74 Å². The van der Waals surface area contributed by atoms with E-state index in [0.717, 1.165) is 18.4 Å². The number of rotatable bonds is 8. The van der Waals surface area contributed by atoms with E-state index >= 15 is 0 Å². The molecule has 2 atom stereocenters. The minimum Gasteiger partial charge on any atom is -0.379 e. The van der Waals surface area contributed by atoms with Gasteiger partial charge in [-0.1, -0.05) is 60.7 Å². The van der Waals surface area contributed by atoms with Gasteiger partial charge in [-0.2, -0.15) is 0 Å². The van der Waals surface area contributed by atoms with Gasteiger partial charge < -0.3 is 15.2 Å². The molecule has 2 aromatic carbocycles. The number of aromatic nitrogens is 2. The Morgan fingerprint density at radius 3 is 2.43 bits per heavy atom. The van der Waals surface area contributed by atoms with Crippen LogP contribution >= 0.6 is 0 Å². The summed E-state index contributed by atoms with van der Waals surface area (Å²) in [6.07, 6.45) is 2.27. The molecule has 4 rings (SSSR count). The highest BCUT2D eigenvalue weighted by Gasteiger charge is 2.38. The first-order chi connectivity index (χ1) is 13.7. The highest BCUT2D eigenvalue weighted by atomic mass is 16.7. The summed E-state index contributed by atoms with van der Waals surface area (Å²) in [5.74, 6) is 0.572. The number of aryl methyl sites for hydroxylation is 1. The number of aliphatic hydroxyl groups is 1. The van der Waals surface area contributed by atoms with Crippen LogP contribution in [0.4, 0.5) is 5.69 Å². The van der Waals surface area contributed by atoms with Gasteiger partial charge in [0, 0.05) is 12.1 Å². The van der Waals surface area contributed by atoms with E-state index in [9.17, 15) is 9.90 Å². The Morgan fingerprint density at radius 2 is 1.75 bits per heavy atom. The number of hydrogen-bond acceptors (Lipinski definition) is 5. The molecule has 0 radical (unpaired) electrons. The van der Waals surface area contributed by atoms with Crippen molar-refractivity contribution in [3.8, 4) is 11.4 Å². The molecule has 1 saturated heterocycles. The third kappa shape index (κ3) is 4.30. The number of nitrogens with zero attached hydrogens (tertiary/aromatic N) is 2. The molecule has 2 N–H and O–H groups in total. The molecular formula is C22H23N3O3. The van der Waals surface area contributed by atoms with Gasteiger partial charge in [0.25, 0.3) is 5.56 Å². The van der Waals surface area contributed by atoms with Crippen LogP contribution in [0.3, 0.4) is 0 Å². The number of epoxide rings is 1. The van der Waals surface area contributed by atoms with E-state index in [0.29, 0.717) is 18.1 Å². The van der Waals surface area contributed by atoms with Crippen molar-refractivity contribution in [2.24, 2.45) is 0 Å².